The van der Waals surface area contributed by atoms with E-state index in [4.69, 9.17) is 4.52 Å². The largest absolute Gasteiger partial charge is 0.401 e. The minimum atomic E-state index is -4.25. The van der Waals surface area contributed by atoms with Crippen LogP contribution in [-0.2, 0) is 5.41 Å². The van der Waals surface area contributed by atoms with E-state index in [9.17, 15) is 13.2 Å². The van der Waals surface area contributed by atoms with Crippen LogP contribution >= 0.6 is 0 Å². The maximum absolute atomic E-state index is 13.0. The van der Waals surface area contributed by atoms with Crippen molar-refractivity contribution in [3.63, 3.8) is 0 Å². The van der Waals surface area contributed by atoms with Gasteiger partial charge in [-0.1, -0.05) is 57.0 Å². The summed E-state index contributed by atoms with van der Waals surface area (Å²) in [5.41, 5.74) is -1.78. The second kappa shape index (κ2) is 8.06. The van der Waals surface area contributed by atoms with Gasteiger partial charge in [0.2, 0.25) is 0 Å². The SMILES string of the molecule is CCCCCCCCCCNc1cc(C2(C(F)(F)F)CC2)on1. The molecule has 2 rings (SSSR count). The van der Waals surface area contributed by atoms with Crippen molar-refractivity contribution < 1.29 is 17.7 Å². The Balaban J connectivity index is 1.61. The van der Waals surface area contributed by atoms with Crippen molar-refractivity contribution in [2.75, 3.05) is 11.9 Å². The van der Waals surface area contributed by atoms with E-state index in [1.807, 2.05) is 0 Å². The van der Waals surface area contributed by atoms with E-state index in [0.29, 0.717) is 5.82 Å². The van der Waals surface area contributed by atoms with Gasteiger partial charge in [0, 0.05) is 12.6 Å². The van der Waals surface area contributed by atoms with Gasteiger partial charge in [-0.2, -0.15) is 13.2 Å². The fourth-order valence-electron chi connectivity index (χ4n) is 2.85. The molecule has 0 unspecified atom stereocenters. The molecule has 0 atom stereocenters. The highest BCUT2D eigenvalue weighted by Gasteiger charge is 2.66. The van der Waals surface area contributed by atoms with Gasteiger partial charge in [-0.15, -0.1) is 0 Å². The lowest BCUT2D eigenvalue weighted by Crippen LogP contribution is -2.28. The van der Waals surface area contributed by atoms with Gasteiger partial charge in [-0.25, -0.2) is 0 Å². The van der Waals surface area contributed by atoms with Gasteiger partial charge in [-0.05, 0) is 19.3 Å². The minimum absolute atomic E-state index is 0.0524. The molecule has 3 nitrogen and oxygen atoms in total. The number of nitrogens with one attached hydrogen (secondary N) is 1. The second-order valence-electron chi connectivity index (χ2n) is 6.56. The molecule has 1 aliphatic carbocycles. The molecule has 0 saturated heterocycles. The van der Waals surface area contributed by atoms with Gasteiger partial charge in [0.25, 0.3) is 0 Å². The van der Waals surface area contributed by atoms with Gasteiger partial charge in [0.1, 0.15) is 5.41 Å². The first-order valence-electron chi connectivity index (χ1n) is 8.77. The van der Waals surface area contributed by atoms with E-state index in [2.05, 4.69) is 17.4 Å². The Kier molecular flexibility index (Phi) is 6.36. The van der Waals surface area contributed by atoms with Crippen LogP contribution in [0, 0.1) is 0 Å². The Hall–Kier alpha value is -1.20. The Morgan fingerprint density at radius 2 is 1.70 bits per heavy atom. The molecule has 6 heteroatoms. The summed E-state index contributed by atoms with van der Waals surface area (Å²) in [6.45, 7) is 2.93. The molecule has 23 heavy (non-hydrogen) atoms. The maximum Gasteiger partial charge on any atom is 0.401 e. The third-order valence-corrected chi connectivity index (χ3v) is 4.61. The van der Waals surface area contributed by atoms with Crippen LogP contribution in [0.25, 0.3) is 0 Å². The van der Waals surface area contributed by atoms with Crippen LogP contribution in [0.15, 0.2) is 10.6 Å². The zero-order valence-electron chi connectivity index (χ0n) is 13.8. The molecule has 1 aromatic rings. The molecule has 1 aliphatic rings. The summed E-state index contributed by atoms with van der Waals surface area (Å²) < 4.78 is 43.9. The lowest BCUT2D eigenvalue weighted by Gasteiger charge is -2.14. The molecule has 1 aromatic heterocycles. The summed E-state index contributed by atoms with van der Waals surface area (Å²) in [5, 5.41) is 6.77. The van der Waals surface area contributed by atoms with E-state index in [-0.39, 0.29) is 18.6 Å². The van der Waals surface area contributed by atoms with Crippen LogP contribution in [0.2, 0.25) is 0 Å². The van der Waals surface area contributed by atoms with Gasteiger partial charge in [0.15, 0.2) is 11.6 Å². The van der Waals surface area contributed by atoms with E-state index >= 15 is 0 Å². The zero-order chi connectivity index (χ0) is 16.8. The second-order valence-corrected chi connectivity index (χ2v) is 6.56. The van der Waals surface area contributed by atoms with Gasteiger partial charge < -0.3 is 9.84 Å². The Morgan fingerprint density at radius 3 is 2.26 bits per heavy atom. The van der Waals surface area contributed by atoms with Crippen LogP contribution in [0.5, 0.6) is 0 Å². The number of unbranched alkanes of at least 4 members (excludes halogenated alkanes) is 7. The number of nitrogens with zero attached hydrogens (tertiary/aromatic N) is 1. The highest BCUT2D eigenvalue weighted by atomic mass is 19.4. The van der Waals surface area contributed by atoms with Crippen molar-refractivity contribution in [1.82, 2.24) is 5.16 Å². The number of hydrogen-bond acceptors (Lipinski definition) is 3. The number of rotatable bonds is 11. The predicted octanol–water partition coefficient (Wildman–Crippen LogP) is 5.82. The van der Waals surface area contributed by atoms with Crippen molar-refractivity contribution in [2.24, 2.45) is 0 Å². The van der Waals surface area contributed by atoms with Crippen molar-refractivity contribution in [3.05, 3.63) is 11.8 Å². The molecule has 1 heterocycles. The van der Waals surface area contributed by atoms with Crippen LogP contribution < -0.4 is 5.32 Å². The van der Waals surface area contributed by atoms with Gasteiger partial charge >= 0.3 is 6.18 Å². The van der Waals surface area contributed by atoms with E-state index in [0.717, 1.165) is 19.4 Å². The first-order chi connectivity index (χ1) is 11.0. The number of halogens is 3. The molecular weight excluding hydrogens is 305 g/mol. The molecule has 0 radical (unpaired) electrons. The van der Waals surface area contributed by atoms with Gasteiger partial charge in [-0.3, -0.25) is 0 Å². The minimum Gasteiger partial charge on any atom is -0.367 e. The van der Waals surface area contributed by atoms with E-state index in [1.165, 1.54) is 44.6 Å². The molecule has 1 saturated carbocycles. The zero-order valence-corrected chi connectivity index (χ0v) is 13.8. The first kappa shape index (κ1) is 18.1. The van der Waals surface area contributed by atoms with Crippen LogP contribution in [0.4, 0.5) is 19.0 Å². The summed E-state index contributed by atoms with van der Waals surface area (Å²) in [7, 11) is 0. The fourth-order valence-corrected chi connectivity index (χ4v) is 2.85. The summed E-state index contributed by atoms with van der Waals surface area (Å²) in [6.07, 6.45) is 5.76. The number of alkyl halides is 3. The summed E-state index contributed by atoms with van der Waals surface area (Å²) in [4.78, 5) is 0. The van der Waals surface area contributed by atoms with E-state index < -0.39 is 11.6 Å². The predicted molar refractivity (Wildman–Crippen MR) is 84.6 cm³/mol. The van der Waals surface area contributed by atoms with Crippen molar-refractivity contribution in [1.29, 1.82) is 0 Å². The third-order valence-electron chi connectivity index (χ3n) is 4.61. The van der Waals surface area contributed by atoms with Crippen molar-refractivity contribution >= 4 is 5.82 Å². The molecule has 0 aromatic carbocycles. The quantitative estimate of drug-likeness (QED) is 0.519. The number of aromatic nitrogens is 1. The maximum atomic E-state index is 13.0. The fraction of sp³-hybridized carbons (Fsp3) is 0.824. The Morgan fingerprint density at radius 1 is 1.09 bits per heavy atom. The molecule has 1 fully saturated rings. The Labute approximate surface area is 136 Å². The van der Waals surface area contributed by atoms with E-state index in [1.54, 1.807) is 0 Å². The highest BCUT2D eigenvalue weighted by Crippen LogP contribution is 2.59. The lowest BCUT2D eigenvalue weighted by molar-refractivity contribution is -0.165. The lowest BCUT2D eigenvalue weighted by atomic mass is 10.0. The molecular formula is C17H27F3N2O. The molecule has 132 valence electrons. The molecule has 1 N–H and O–H groups in total. The average Bonchev–Trinajstić information content (AvgIpc) is 3.20. The number of hydrogen-bond donors (Lipinski definition) is 1. The summed E-state index contributed by atoms with van der Waals surface area (Å²) in [6, 6.07) is 1.41. The van der Waals surface area contributed by atoms with Crippen LogP contribution in [0.3, 0.4) is 0 Å². The summed E-state index contributed by atoms with van der Waals surface area (Å²) in [5.74, 6) is 0.363. The monoisotopic (exact) mass is 332 g/mol. The average molecular weight is 332 g/mol. The van der Waals surface area contributed by atoms with Gasteiger partial charge in [0.05, 0.1) is 0 Å². The highest BCUT2D eigenvalue weighted by molar-refractivity contribution is 5.39. The standard InChI is InChI=1S/C17H27F3N2O/c1-2-3-4-5-6-7-8-9-12-21-15-13-14(23-22-15)16(10-11-16)17(18,19)20/h13H,2-12H2,1H3,(H,21,22). The summed E-state index contributed by atoms with van der Waals surface area (Å²) >= 11 is 0. The third kappa shape index (κ3) is 4.88. The molecule has 0 amide bonds. The van der Waals surface area contributed by atoms with Crippen LogP contribution in [-0.4, -0.2) is 17.9 Å². The van der Waals surface area contributed by atoms with Crippen molar-refractivity contribution in [2.45, 2.75) is 82.7 Å². The topological polar surface area (TPSA) is 38.1 Å². The normalized spacial score (nSPS) is 16.5. The number of anilines is 1. The first-order valence-corrected chi connectivity index (χ1v) is 8.77. The smallest absolute Gasteiger partial charge is 0.367 e. The molecule has 0 bridgehead atoms. The molecule has 0 aliphatic heterocycles. The Bertz CT molecular complexity index is 467. The molecule has 0 spiro atoms. The van der Waals surface area contributed by atoms with Crippen LogP contribution in [0.1, 0.15) is 76.9 Å². The van der Waals surface area contributed by atoms with Crippen molar-refractivity contribution in [3.8, 4) is 0 Å².